The van der Waals surface area contributed by atoms with Crippen LogP contribution in [0.2, 0.25) is 0 Å². The SMILES string of the molecule is O=C(CSc1ccc2nncn2n1)Nc1cccc(C(F)(F)F)c1. The van der Waals surface area contributed by atoms with E-state index in [9.17, 15) is 18.0 Å². The van der Waals surface area contributed by atoms with E-state index in [-0.39, 0.29) is 11.4 Å². The smallest absolute Gasteiger partial charge is 0.325 e. The molecule has 0 saturated carbocycles. The van der Waals surface area contributed by atoms with E-state index >= 15 is 0 Å². The summed E-state index contributed by atoms with van der Waals surface area (Å²) in [7, 11) is 0. The van der Waals surface area contributed by atoms with Gasteiger partial charge in [-0.25, -0.2) is 0 Å². The van der Waals surface area contributed by atoms with Crippen LogP contribution in [-0.4, -0.2) is 31.5 Å². The predicted octanol–water partition coefficient (Wildman–Crippen LogP) is 2.87. The molecule has 0 saturated heterocycles. The lowest BCUT2D eigenvalue weighted by atomic mass is 10.2. The fourth-order valence-corrected chi connectivity index (χ4v) is 2.56. The lowest BCUT2D eigenvalue weighted by molar-refractivity contribution is -0.137. The summed E-state index contributed by atoms with van der Waals surface area (Å²) in [4.78, 5) is 11.9. The first-order valence-electron chi connectivity index (χ1n) is 6.69. The van der Waals surface area contributed by atoms with Crippen molar-refractivity contribution in [3.05, 3.63) is 48.3 Å². The average Bonchev–Trinajstić information content (AvgIpc) is 3.00. The molecule has 0 aliphatic heterocycles. The molecule has 1 N–H and O–H groups in total. The number of amides is 1. The van der Waals surface area contributed by atoms with Gasteiger partial charge in [-0.05, 0) is 30.3 Å². The van der Waals surface area contributed by atoms with Crippen molar-refractivity contribution < 1.29 is 18.0 Å². The number of alkyl halides is 3. The van der Waals surface area contributed by atoms with Gasteiger partial charge in [-0.2, -0.15) is 22.8 Å². The molecule has 0 aliphatic carbocycles. The quantitative estimate of drug-likeness (QED) is 0.730. The lowest BCUT2D eigenvalue weighted by Crippen LogP contribution is -2.15. The maximum atomic E-state index is 12.6. The molecule has 24 heavy (non-hydrogen) atoms. The number of nitrogens with zero attached hydrogens (tertiary/aromatic N) is 4. The molecule has 10 heteroatoms. The van der Waals surface area contributed by atoms with E-state index < -0.39 is 17.6 Å². The Morgan fingerprint density at radius 3 is 2.88 bits per heavy atom. The van der Waals surface area contributed by atoms with Gasteiger partial charge < -0.3 is 5.32 Å². The number of carbonyl (C=O) groups excluding carboxylic acids is 1. The molecule has 0 bridgehead atoms. The molecule has 0 fully saturated rings. The molecule has 0 atom stereocenters. The molecule has 0 radical (unpaired) electrons. The Morgan fingerprint density at radius 2 is 2.08 bits per heavy atom. The van der Waals surface area contributed by atoms with Gasteiger partial charge >= 0.3 is 6.18 Å². The Balaban J connectivity index is 1.61. The van der Waals surface area contributed by atoms with Crippen molar-refractivity contribution in [3.8, 4) is 0 Å². The normalized spacial score (nSPS) is 11.6. The second-order valence-corrected chi connectivity index (χ2v) is 5.72. The maximum absolute atomic E-state index is 12.6. The molecular weight excluding hydrogens is 343 g/mol. The summed E-state index contributed by atoms with van der Waals surface area (Å²) in [5.74, 6) is -0.415. The van der Waals surface area contributed by atoms with Crippen LogP contribution in [0.4, 0.5) is 18.9 Å². The fourth-order valence-electron chi connectivity index (χ4n) is 1.90. The average molecular weight is 353 g/mol. The largest absolute Gasteiger partial charge is 0.416 e. The Bertz CT molecular complexity index is 880. The number of hydrogen-bond acceptors (Lipinski definition) is 5. The van der Waals surface area contributed by atoms with E-state index in [0.717, 1.165) is 23.9 Å². The fraction of sp³-hybridized carbons (Fsp3) is 0.143. The predicted molar refractivity (Wildman–Crippen MR) is 81.6 cm³/mol. The number of hydrogen-bond donors (Lipinski definition) is 1. The van der Waals surface area contributed by atoms with Crippen LogP contribution >= 0.6 is 11.8 Å². The number of nitrogens with one attached hydrogen (secondary N) is 1. The number of carbonyl (C=O) groups is 1. The molecule has 0 unspecified atom stereocenters. The molecule has 0 aliphatic rings. The molecule has 0 spiro atoms. The first-order valence-corrected chi connectivity index (χ1v) is 7.67. The third-order valence-electron chi connectivity index (χ3n) is 2.96. The standard InChI is InChI=1S/C14H10F3N5OS/c15-14(16,17)9-2-1-3-10(6-9)19-12(23)7-24-13-5-4-11-20-18-8-22(11)21-13/h1-6,8H,7H2,(H,19,23). The van der Waals surface area contributed by atoms with E-state index in [4.69, 9.17) is 0 Å². The van der Waals surface area contributed by atoms with Gasteiger partial charge in [0.15, 0.2) is 5.65 Å². The molecular formula is C14H10F3N5OS. The Kier molecular flexibility index (Phi) is 4.38. The summed E-state index contributed by atoms with van der Waals surface area (Å²) in [6, 6.07) is 7.87. The second-order valence-electron chi connectivity index (χ2n) is 4.72. The molecule has 3 aromatic rings. The Labute approximate surface area is 138 Å². The molecule has 2 heterocycles. The number of thioether (sulfide) groups is 1. The van der Waals surface area contributed by atoms with E-state index in [1.165, 1.54) is 23.0 Å². The molecule has 124 valence electrons. The highest BCUT2D eigenvalue weighted by atomic mass is 32.2. The van der Waals surface area contributed by atoms with Crippen molar-refractivity contribution in [1.82, 2.24) is 19.8 Å². The number of benzene rings is 1. The molecule has 1 aromatic carbocycles. The summed E-state index contributed by atoms with van der Waals surface area (Å²) in [6.45, 7) is 0. The van der Waals surface area contributed by atoms with Crippen molar-refractivity contribution in [1.29, 1.82) is 0 Å². The third kappa shape index (κ3) is 3.82. The zero-order valence-electron chi connectivity index (χ0n) is 12.0. The van der Waals surface area contributed by atoms with Gasteiger partial charge in [0, 0.05) is 5.69 Å². The minimum Gasteiger partial charge on any atom is -0.325 e. The summed E-state index contributed by atoms with van der Waals surface area (Å²) in [5, 5.41) is 14.7. The van der Waals surface area contributed by atoms with Crippen molar-refractivity contribution in [2.45, 2.75) is 11.2 Å². The highest BCUT2D eigenvalue weighted by Gasteiger charge is 2.30. The maximum Gasteiger partial charge on any atom is 0.416 e. The summed E-state index contributed by atoms with van der Waals surface area (Å²) in [5.41, 5.74) is -0.141. The van der Waals surface area contributed by atoms with Crippen LogP contribution in [-0.2, 0) is 11.0 Å². The highest BCUT2D eigenvalue weighted by Crippen LogP contribution is 2.30. The number of fused-ring (bicyclic) bond motifs is 1. The van der Waals surface area contributed by atoms with Gasteiger partial charge in [0.2, 0.25) is 5.91 Å². The van der Waals surface area contributed by atoms with Gasteiger partial charge in [-0.1, -0.05) is 17.8 Å². The molecule has 1 amide bonds. The Hall–Kier alpha value is -2.62. The van der Waals surface area contributed by atoms with Crippen LogP contribution in [0, 0.1) is 0 Å². The Morgan fingerprint density at radius 1 is 1.25 bits per heavy atom. The third-order valence-corrected chi connectivity index (χ3v) is 3.88. The van der Waals surface area contributed by atoms with Crippen molar-refractivity contribution in [2.24, 2.45) is 0 Å². The lowest BCUT2D eigenvalue weighted by Gasteiger charge is -2.09. The van der Waals surface area contributed by atoms with Gasteiger partial charge in [0.25, 0.3) is 0 Å². The van der Waals surface area contributed by atoms with Crippen LogP contribution in [0.25, 0.3) is 5.65 Å². The number of aromatic nitrogens is 4. The van der Waals surface area contributed by atoms with Crippen molar-refractivity contribution in [3.63, 3.8) is 0 Å². The van der Waals surface area contributed by atoms with Crippen LogP contribution in [0.1, 0.15) is 5.56 Å². The number of anilines is 1. The van der Waals surface area contributed by atoms with Crippen LogP contribution in [0.5, 0.6) is 0 Å². The first-order chi connectivity index (χ1) is 11.4. The van der Waals surface area contributed by atoms with Gasteiger partial charge in [-0.15, -0.1) is 10.2 Å². The zero-order valence-corrected chi connectivity index (χ0v) is 12.8. The van der Waals surface area contributed by atoms with E-state index in [1.54, 1.807) is 12.1 Å². The van der Waals surface area contributed by atoms with Crippen LogP contribution < -0.4 is 5.32 Å². The topological polar surface area (TPSA) is 72.2 Å². The second kappa shape index (κ2) is 6.48. The highest BCUT2D eigenvalue weighted by molar-refractivity contribution is 7.99. The van der Waals surface area contributed by atoms with Gasteiger partial charge in [0.1, 0.15) is 11.4 Å². The number of rotatable bonds is 4. The summed E-state index contributed by atoms with van der Waals surface area (Å²) in [6.07, 6.45) is -3.02. The van der Waals surface area contributed by atoms with E-state index in [2.05, 4.69) is 20.6 Å². The molecule has 3 rings (SSSR count). The summed E-state index contributed by atoms with van der Waals surface area (Å²) < 4.78 is 39.4. The monoisotopic (exact) mass is 353 g/mol. The van der Waals surface area contributed by atoms with Crippen LogP contribution in [0.15, 0.2) is 47.8 Å². The van der Waals surface area contributed by atoms with Crippen LogP contribution in [0.3, 0.4) is 0 Å². The zero-order chi connectivity index (χ0) is 17.2. The minimum atomic E-state index is -4.45. The summed E-state index contributed by atoms with van der Waals surface area (Å²) >= 11 is 1.15. The molecule has 6 nitrogen and oxygen atoms in total. The minimum absolute atomic E-state index is 0.0108. The molecule has 2 aromatic heterocycles. The van der Waals surface area contributed by atoms with Crippen molar-refractivity contribution in [2.75, 3.05) is 11.1 Å². The van der Waals surface area contributed by atoms with Gasteiger partial charge in [0.05, 0.1) is 11.3 Å². The van der Waals surface area contributed by atoms with E-state index in [0.29, 0.717) is 10.7 Å². The first kappa shape index (κ1) is 16.2. The van der Waals surface area contributed by atoms with Crippen molar-refractivity contribution >= 4 is 29.0 Å². The van der Waals surface area contributed by atoms with Gasteiger partial charge in [-0.3, -0.25) is 4.79 Å². The van der Waals surface area contributed by atoms with E-state index in [1.807, 2.05) is 0 Å². The number of halogens is 3.